The second kappa shape index (κ2) is 7.37. The average Bonchev–Trinajstić information content (AvgIpc) is 2.49. The molecule has 1 amide bonds. The monoisotopic (exact) mass is 317 g/mol. The van der Waals surface area contributed by atoms with Gasteiger partial charge in [0.2, 0.25) is 0 Å². The minimum absolute atomic E-state index is 0.0713. The number of nitrogens with two attached hydrogens (primary N) is 1. The molecule has 22 heavy (non-hydrogen) atoms. The number of amides is 1. The molecular formula is C15H15N3O3S. The highest BCUT2D eigenvalue weighted by Crippen LogP contribution is 2.06. The summed E-state index contributed by atoms with van der Waals surface area (Å²) in [4.78, 5) is 24.0. The molecule has 0 spiro atoms. The Labute approximate surface area is 132 Å². The zero-order valence-electron chi connectivity index (χ0n) is 11.7. The van der Waals surface area contributed by atoms with E-state index in [9.17, 15) is 9.59 Å². The highest BCUT2D eigenvalue weighted by molar-refractivity contribution is 7.80. The average molecular weight is 317 g/mol. The van der Waals surface area contributed by atoms with Crippen molar-refractivity contribution >= 4 is 28.8 Å². The number of aromatic nitrogens is 1. The van der Waals surface area contributed by atoms with Crippen molar-refractivity contribution in [2.45, 2.75) is 6.54 Å². The number of rotatable bonds is 6. The minimum Gasteiger partial charge on any atom is -0.478 e. The molecule has 3 N–H and O–H groups in total. The van der Waals surface area contributed by atoms with Gasteiger partial charge in [-0.25, -0.2) is 0 Å². The maximum absolute atomic E-state index is 12.1. The molecule has 2 rings (SSSR count). The first-order valence-corrected chi connectivity index (χ1v) is 6.92. The van der Waals surface area contributed by atoms with Crippen LogP contribution in [-0.2, 0) is 11.3 Å². The minimum atomic E-state index is -0.386. The van der Waals surface area contributed by atoms with Crippen LogP contribution < -0.4 is 21.3 Å². The van der Waals surface area contributed by atoms with Crippen molar-refractivity contribution in [1.29, 1.82) is 0 Å². The molecule has 0 bridgehead atoms. The summed E-state index contributed by atoms with van der Waals surface area (Å²) in [6.45, 7) is -0.136. The fraction of sp³-hybridized carbons (Fsp3) is 0.133. The van der Waals surface area contributed by atoms with E-state index >= 15 is 0 Å². The smallest absolute Gasteiger partial charge is 0.293 e. The largest absolute Gasteiger partial charge is 0.478 e. The number of nitrogens with zero attached hydrogens (tertiary/aromatic N) is 1. The molecule has 0 atom stereocenters. The molecular weight excluding hydrogens is 302 g/mol. The van der Waals surface area contributed by atoms with Gasteiger partial charge < -0.3 is 20.4 Å². The molecule has 114 valence electrons. The van der Waals surface area contributed by atoms with E-state index in [0.717, 1.165) is 0 Å². The number of hydrogen-bond donors (Lipinski definition) is 2. The van der Waals surface area contributed by atoms with Gasteiger partial charge in [0.1, 0.15) is 0 Å². The second-order valence-corrected chi connectivity index (χ2v) is 5.00. The molecule has 1 heterocycles. The lowest BCUT2D eigenvalue weighted by Gasteiger charge is -2.09. The third kappa shape index (κ3) is 4.42. The van der Waals surface area contributed by atoms with Gasteiger partial charge in [0.05, 0.1) is 11.5 Å². The molecule has 1 aromatic carbocycles. The van der Waals surface area contributed by atoms with E-state index in [4.69, 9.17) is 22.7 Å². The van der Waals surface area contributed by atoms with Crippen molar-refractivity contribution in [2.75, 3.05) is 11.9 Å². The molecule has 7 heteroatoms. The van der Waals surface area contributed by atoms with Crippen LogP contribution in [0.2, 0.25) is 0 Å². The Morgan fingerprint density at radius 2 is 1.95 bits per heavy atom. The standard InChI is InChI=1S/C15H15N3O3S/c16-13(22)9-18-8-4-7-12(15(18)20)21-10-14(19)17-11-5-2-1-3-6-11/h1-8H,9-10H2,(H2,16,22)(H,17,19). The number of carbonyl (C=O) groups is 1. The molecule has 0 aliphatic rings. The number of hydrogen-bond acceptors (Lipinski definition) is 4. The molecule has 2 aromatic rings. The maximum atomic E-state index is 12.1. The lowest BCUT2D eigenvalue weighted by molar-refractivity contribution is -0.118. The topological polar surface area (TPSA) is 86.3 Å². The van der Waals surface area contributed by atoms with Crippen LogP contribution in [-0.4, -0.2) is 22.1 Å². The Balaban J connectivity index is 1.98. The molecule has 0 aliphatic carbocycles. The van der Waals surface area contributed by atoms with E-state index in [2.05, 4.69) is 5.32 Å². The number of nitrogens with one attached hydrogen (secondary N) is 1. The first-order valence-electron chi connectivity index (χ1n) is 6.52. The van der Waals surface area contributed by atoms with Crippen molar-refractivity contribution in [3.05, 3.63) is 59.0 Å². The van der Waals surface area contributed by atoms with Crippen LogP contribution in [0.4, 0.5) is 5.69 Å². The van der Waals surface area contributed by atoms with Gasteiger partial charge in [-0.3, -0.25) is 9.59 Å². The number of thiocarbonyl (C=S) groups is 1. The molecule has 0 saturated carbocycles. The number of ether oxygens (including phenoxy) is 1. The SMILES string of the molecule is NC(=S)Cn1cccc(OCC(=O)Nc2ccccc2)c1=O. The summed E-state index contributed by atoms with van der Waals surface area (Å²) in [5, 5.41) is 2.66. The Hall–Kier alpha value is -2.67. The summed E-state index contributed by atoms with van der Waals surface area (Å²) in [5.74, 6) is -0.280. The van der Waals surface area contributed by atoms with Crippen molar-refractivity contribution in [1.82, 2.24) is 4.57 Å². The van der Waals surface area contributed by atoms with E-state index in [0.29, 0.717) is 5.69 Å². The van der Waals surface area contributed by atoms with Gasteiger partial charge in [-0.1, -0.05) is 30.4 Å². The highest BCUT2D eigenvalue weighted by atomic mass is 32.1. The van der Waals surface area contributed by atoms with Gasteiger partial charge in [0, 0.05) is 11.9 Å². The van der Waals surface area contributed by atoms with Crippen LogP contribution in [0.1, 0.15) is 0 Å². The van der Waals surface area contributed by atoms with E-state index in [1.807, 2.05) is 18.2 Å². The normalized spacial score (nSPS) is 10.0. The molecule has 0 fully saturated rings. The molecule has 0 saturated heterocycles. The summed E-state index contributed by atoms with van der Waals surface area (Å²) in [5.41, 5.74) is 5.69. The van der Waals surface area contributed by atoms with Crippen molar-refractivity contribution in [2.24, 2.45) is 5.73 Å². The summed E-state index contributed by atoms with van der Waals surface area (Å²) in [7, 11) is 0. The fourth-order valence-electron chi connectivity index (χ4n) is 1.78. The summed E-state index contributed by atoms with van der Waals surface area (Å²) in [6, 6.07) is 12.1. The summed E-state index contributed by atoms with van der Waals surface area (Å²) < 4.78 is 6.59. The van der Waals surface area contributed by atoms with E-state index in [1.165, 1.54) is 10.6 Å². The van der Waals surface area contributed by atoms with Crippen LogP contribution in [0.15, 0.2) is 53.5 Å². The van der Waals surface area contributed by atoms with Gasteiger partial charge in [0.15, 0.2) is 12.4 Å². The Bertz CT molecular complexity index is 728. The predicted molar refractivity (Wildman–Crippen MR) is 88.1 cm³/mol. The van der Waals surface area contributed by atoms with E-state index in [1.54, 1.807) is 24.4 Å². The maximum Gasteiger partial charge on any atom is 0.293 e. The zero-order chi connectivity index (χ0) is 15.9. The van der Waals surface area contributed by atoms with Crippen LogP contribution in [0, 0.1) is 0 Å². The number of para-hydroxylation sites is 1. The number of anilines is 1. The first kappa shape index (κ1) is 15.7. The summed E-state index contributed by atoms with van der Waals surface area (Å²) >= 11 is 4.77. The molecule has 0 radical (unpaired) electrons. The highest BCUT2D eigenvalue weighted by Gasteiger charge is 2.08. The predicted octanol–water partition coefficient (Wildman–Crippen LogP) is 1.15. The van der Waals surface area contributed by atoms with Crippen LogP contribution in [0.25, 0.3) is 0 Å². The quantitative estimate of drug-likeness (QED) is 0.781. The Kier molecular flexibility index (Phi) is 5.26. The molecule has 1 aromatic heterocycles. The van der Waals surface area contributed by atoms with Crippen molar-refractivity contribution < 1.29 is 9.53 Å². The molecule has 6 nitrogen and oxygen atoms in total. The van der Waals surface area contributed by atoms with Crippen LogP contribution >= 0.6 is 12.2 Å². The zero-order valence-corrected chi connectivity index (χ0v) is 12.5. The number of benzene rings is 1. The van der Waals surface area contributed by atoms with Gasteiger partial charge in [0.25, 0.3) is 11.5 Å². The number of pyridine rings is 1. The van der Waals surface area contributed by atoms with E-state index in [-0.39, 0.29) is 35.4 Å². The Morgan fingerprint density at radius 3 is 2.64 bits per heavy atom. The number of carbonyl (C=O) groups excluding carboxylic acids is 1. The van der Waals surface area contributed by atoms with Gasteiger partial charge >= 0.3 is 0 Å². The third-order valence-electron chi connectivity index (χ3n) is 2.73. The second-order valence-electron chi connectivity index (χ2n) is 4.47. The van der Waals surface area contributed by atoms with Gasteiger partial charge in [-0.15, -0.1) is 0 Å². The van der Waals surface area contributed by atoms with Crippen molar-refractivity contribution in [3.8, 4) is 5.75 Å². The molecule has 0 unspecified atom stereocenters. The van der Waals surface area contributed by atoms with Crippen molar-refractivity contribution in [3.63, 3.8) is 0 Å². The fourth-order valence-corrected chi connectivity index (χ4v) is 1.92. The summed E-state index contributed by atoms with van der Waals surface area (Å²) in [6.07, 6.45) is 1.55. The lowest BCUT2D eigenvalue weighted by Crippen LogP contribution is -2.29. The van der Waals surface area contributed by atoms with Gasteiger partial charge in [-0.05, 0) is 24.3 Å². The van der Waals surface area contributed by atoms with Gasteiger partial charge in [-0.2, -0.15) is 0 Å². The van der Waals surface area contributed by atoms with Crippen LogP contribution in [0.5, 0.6) is 5.75 Å². The Morgan fingerprint density at radius 1 is 1.23 bits per heavy atom. The third-order valence-corrected chi connectivity index (χ3v) is 2.86. The first-order chi connectivity index (χ1) is 10.6. The lowest BCUT2D eigenvalue weighted by atomic mass is 10.3. The molecule has 0 aliphatic heterocycles. The van der Waals surface area contributed by atoms with E-state index < -0.39 is 0 Å². The van der Waals surface area contributed by atoms with Crippen LogP contribution in [0.3, 0.4) is 0 Å².